The molecule has 3 heteroatoms. The maximum absolute atomic E-state index is 10.7. The van der Waals surface area contributed by atoms with E-state index < -0.39 is 6.10 Å². The molecule has 106 valence electrons. The van der Waals surface area contributed by atoms with Gasteiger partial charge in [-0.2, -0.15) is 0 Å². The molecule has 1 aromatic heterocycles. The molecule has 6 radical (unpaired) electrons. The molecular formula is C18H16O2S. The summed E-state index contributed by atoms with van der Waals surface area (Å²) in [7, 11) is 1.65. The molecule has 1 aliphatic rings. The van der Waals surface area contributed by atoms with Crippen LogP contribution in [0.2, 0.25) is 0 Å². The van der Waals surface area contributed by atoms with Gasteiger partial charge in [-0.05, 0) is 23.4 Å². The van der Waals surface area contributed by atoms with Crippen LogP contribution in [-0.2, 0) is 4.74 Å². The van der Waals surface area contributed by atoms with Gasteiger partial charge in [0.15, 0.2) is 0 Å². The maximum Gasteiger partial charge on any atom is 0.105 e. The van der Waals surface area contributed by atoms with Crippen molar-refractivity contribution in [1.82, 2.24) is 0 Å². The molecule has 3 rings (SSSR count). The zero-order valence-electron chi connectivity index (χ0n) is 11.7. The standard InChI is InChI=1S/C18H16O2S/c1-20-14-9-10-15(18(19)17-8-5-11-21-17)16(12-14)13-6-3-2-4-7-13/h2-12,18-19H,1H3. The van der Waals surface area contributed by atoms with E-state index in [0.29, 0.717) is 0 Å². The van der Waals surface area contributed by atoms with Crippen LogP contribution in [0, 0.1) is 37.2 Å². The minimum absolute atomic E-state index is 0.619. The van der Waals surface area contributed by atoms with Crippen LogP contribution in [0.3, 0.4) is 0 Å². The lowest BCUT2D eigenvalue weighted by molar-refractivity contribution is 0.190. The highest BCUT2D eigenvalue weighted by Gasteiger charge is 2.38. The summed E-state index contributed by atoms with van der Waals surface area (Å²) in [5, 5.41) is 12.6. The second-order valence-corrected chi connectivity index (χ2v) is 5.72. The highest BCUT2D eigenvalue weighted by molar-refractivity contribution is 7.10. The molecule has 2 nitrogen and oxygen atoms in total. The normalized spacial score (nSPS) is 19.7. The third-order valence-corrected chi connectivity index (χ3v) is 4.38. The average molecular weight is 296 g/mol. The van der Waals surface area contributed by atoms with E-state index in [0.717, 1.165) is 28.4 Å². The molecule has 1 saturated carbocycles. The van der Waals surface area contributed by atoms with Crippen LogP contribution in [0.25, 0.3) is 0 Å². The highest BCUT2D eigenvalue weighted by atomic mass is 32.1. The zero-order chi connectivity index (χ0) is 14.7. The Morgan fingerprint density at radius 1 is 1.05 bits per heavy atom. The van der Waals surface area contributed by atoms with Gasteiger partial charge in [-0.3, -0.25) is 0 Å². The van der Waals surface area contributed by atoms with E-state index in [1.165, 1.54) is 0 Å². The van der Waals surface area contributed by atoms with E-state index in [-0.39, 0.29) is 0 Å². The third-order valence-electron chi connectivity index (χ3n) is 3.45. The summed E-state index contributed by atoms with van der Waals surface area (Å²) in [5.41, 5.74) is 1.07. The summed E-state index contributed by atoms with van der Waals surface area (Å²) in [6, 6.07) is 14.0. The molecule has 2 aromatic rings. The molecule has 1 aliphatic carbocycles. The molecule has 21 heavy (non-hydrogen) atoms. The van der Waals surface area contributed by atoms with Crippen molar-refractivity contribution in [2.75, 3.05) is 7.11 Å². The Kier molecular flexibility index (Phi) is 4.73. The monoisotopic (exact) mass is 296 g/mol. The van der Waals surface area contributed by atoms with Crippen molar-refractivity contribution in [3.05, 3.63) is 95.5 Å². The van der Waals surface area contributed by atoms with Gasteiger partial charge in [-0.1, -0.05) is 36.4 Å². The van der Waals surface area contributed by atoms with Gasteiger partial charge < -0.3 is 9.84 Å². The Hall–Kier alpha value is -1.16. The zero-order valence-corrected chi connectivity index (χ0v) is 12.5. The van der Waals surface area contributed by atoms with Crippen molar-refractivity contribution in [3.8, 4) is 0 Å². The quantitative estimate of drug-likeness (QED) is 0.930. The van der Waals surface area contributed by atoms with Crippen LogP contribution in [0.5, 0.6) is 0 Å². The molecule has 1 fully saturated rings. The van der Waals surface area contributed by atoms with E-state index in [1.807, 2.05) is 67.1 Å². The average Bonchev–Trinajstić information content (AvgIpc) is 3.09. The smallest absolute Gasteiger partial charge is 0.105 e. The van der Waals surface area contributed by atoms with E-state index in [4.69, 9.17) is 4.74 Å². The summed E-state index contributed by atoms with van der Waals surface area (Å²) < 4.78 is 5.32. The topological polar surface area (TPSA) is 29.5 Å². The molecule has 0 aliphatic heterocycles. The van der Waals surface area contributed by atoms with Gasteiger partial charge in [-0.25, -0.2) is 0 Å². The number of hydrogen-bond donors (Lipinski definition) is 1. The fourth-order valence-electron chi connectivity index (χ4n) is 2.37. The molecule has 1 heterocycles. The van der Waals surface area contributed by atoms with E-state index >= 15 is 0 Å². The first kappa shape index (κ1) is 14.8. The lowest BCUT2D eigenvalue weighted by Gasteiger charge is -2.36. The van der Waals surface area contributed by atoms with Crippen molar-refractivity contribution in [1.29, 1.82) is 0 Å². The number of hydrogen-bond acceptors (Lipinski definition) is 3. The van der Waals surface area contributed by atoms with Gasteiger partial charge >= 0.3 is 0 Å². The third kappa shape index (κ3) is 3.20. The van der Waals surface area contributed by atoms with Crippen molar-refractivity contribution in [2.24, 2.45) is 0 Å². The number of methoxy groups -OCH3 is 1. The lowest BCUT2D eigenvalue weighted by Crippen LogP contribution is -2.28. The van der Waals surface area contributed by atoms with Gasteiger partial charge in [0.05, 0.1) is 6.10 Å². The van der Waals surface area contributed by atoms with Gasteiger partial charge in [0.2, 0.25) is 0 Å². The SMILES string of the molecule is CO[C]1[CH][CH][C](C(O)c2cccs2)[C](c2ccccc2)[CH]1. The van der Waals surface area contributed by atoms with Crippen LogP contribution in [-0.4, -0.2) is 12.2 Å². The van der Waals surface area contributed by atoms with E-state index in [1.54, 1.807) is 18.4 Å². The second-order valence-electron chi connectivity index (χ2n) is 4.74. The number of rotatable bonds is 4. The molecule has 0 saturated heterocycles. The second kappa shape index (κ2) is 6.73. The van der Waals surface area contributed by atoms with Crippen LogP contribution in [0.1, 0.15) is 16.5 Å². The number of benzene rings is 1. The Morgan fingerprint density at radius 2 is 1.86 bits per heavy atom. The molecule has 0 bridgehead atoms. The van der Waals surface area contributed by atoms with Crippen LogP contribution in [0.15, 0.2) is 47.8 Å². The Balaban J connectivity index is 1.86. The first-order valence-electron chi connectivity index (χ1n) is 6.74. The summed E-state index contributed by atoms with van der Waals surface area (Å²) in [5.74, 6) is 1.89. The molecule has 0 amide bonds. The molecule has 1 N–H and O–H groups in total. The fraction of sp³-hybridized carbons (Fsp3) is 0.111. The number of ether oxygens (including phenoxy) is 1. The Bertz CT molecular complexity index is 538. The summed E-state index contributed by atoms with van der Waals surface area (Å²) in [4.78, 5) is 0.942. The predicted octanol–water partition coefficient (Wildman–Crippen LogP) is 3.78. The number of thiophene rings is 1. The maximum atomic E-state index is 10.7. The van der Waals surface area contributed by atoms with Crippen LogP contribution < -0.4 is 0 Å². The highest BCUT2D eigenvalue weighted by Crippen LogP contribution is 2.47. The van der Waals surface area contributed by atoms with Crippen LogP contribution >= 0.6 is 11.3 Å². The lowest BCUT2D eigenvalue weighted by atomic mass is 9.71. The molecule has 1 aromatic carbocycles. The molecule has 0 spiro atoms. The van der Waals surface area contributed by atoms with Gasteiger partial charge in [0.1, 0.15) is 6.10 Å². The van der Waals surface area contributed by atoms with Gasteiger partial charge in [-0.15, -0.1) is 11.3 Å². The number of aliphatic hydroxyl groups excluding tert-OH is 1. The molecule has 1 unspecified atom stereocenters. The summed E-state index contributed by atoms with van der Waals surface area (Å²) in [6.45, 7) is 0. The Morgan fingerprint density at radius 3 is 2.52 bits per heavy atom. The first-order chi connectivity index (χ1) is 10.3. The largest absolute Gasteiger partial charge is 0.387 e. The fourth-order valence-corrected chi connectivity index (χ4v) is 3.10. The molecular weight excluding hydrogens is 280 g/mol. The van der Waals surface area contributed by atoms with Crippen molar-refractivity contribution in [3.63, 3.8) is 0 Å². The van der Waals surface area contributed by atoms with Crippen molar-refractivity contribution >= 4 is 11.3 Å². The first-order valence-corrected chi connectivity index (χ1v) is 7.62. The van der Waals surface area contributed by atoms with E-state index in [9.17, 15) is 5.11 Å². The van der Waals surface area contributed by atoms with Gasteiger partial charge in [0.25, 0.3) is 0 Å². The van der Waals surface area contributed by atoms with Gasteiger partial charge in [0, 0.05) is 36.7 Å². The van der Waals surface area contributed by atoms with Crippen molar-refractivity contribution in [2.45, 2.75) is 6.10 Å². The molecule has 1 atom stereocenters. The Labute approximate surface area is 130 Å². The predicted molar refractivity (Wildman–Crippen MR) is 84.5 cm³/mol. The summed E-state index contributed by atoms with van der Waals surface area (Å²) in [6.07, 6.45) is 5.97. The van der Waals surface area contributed by atoms with Crippen molar-refractivity contribution < 1.29 is 9.84 Å². The summed E-state index contributed by atoms with van der Waals surface area (Å²) >= 11 is 1.56. The van der Waals surface area contributed by atoms with E-state index in [2.05, 4.69) is 0 Å². The minimum Gasteiger partial charge on any atom is -0.387 e. The van der Waals surface area contributed by atoms with Crippen LogP contribution in [0.4, 0.5) is 0 Å². The minimum atomic E-state index is -0.619. The number of aliphatic hydroxyl groups is 1.